The van der Waals surface area contributed by atoms with Gasteiger partial charge in [-0.05, 0) is 25.5 Å². The third-order valence-corrected chi connectivity index (χ3v) is 3.67. The summed E-state index contributed by atoms with van der Waals surface area (Å²) in [6, 6.07) is 10.1. The van der Waals surface area contributed by atoms with E-state index in [9.17, 15) is 0 Å². The Labute approximate surface area is 129 Å². The van der Waals surface area contributed by atoms with Crippen molar-refractivity contribution in [3.8, 4) is 0 Å². The number of anilines is 2. The molecule has 0 saturated carbocycles. The minimum atomic E-state index is 0.103. The van der Waals surface area contributed by atoms with Gasteiger partial charge in [0.05, 0.1) is 10.0 Å². The molecular weight excluding hydrogens is 293 g/mol. The Kier molecular flexibility index (Phi) is 4.73. The SMILES string of the molecule is CNc1nc(NC(C)c2ccc(C)cc2)c(Cl)cc1Cl. The zero-order chi connectivity index (χ0) is 14.7. The summed E-state index contributed by atoms with van der Waals surface area (Å²) in [5.41, 5.74) is 2.41. The number of pyridine rings is 1. The van der Waals surface area contributed by atoms with Gasteiger partial charge in [0.15, 0.2) is 0 Å². The quantitative estimate of drug-likeness (QED) is 0.842. The van der Waals surface area contributed by atoms with Crippen molar-refractivity contribution in [1.29, 1.82) is 0 Å². The normalized spacial score (nSPS) is 12.1. The number of rotatable bonds is 4. The van der Waals surface area contributed by atoms with Gasteiger partial charge < -0.3 is 10.6 Å². The van der Waals surface area contributed by atoms with Crippen molar-refractivity contribution in [2.45, 2.75) is 19.9 Å². The van der Waals surface area contributed by atoms with Gasteiger partial charge >= 0.3 is 0 Å². The molecule has 1 unspecified atom stereocenters. The van der Waals surface area contributed by atoms with E-state index in [1.54, 1.807) is 13.1 Å². The predicted molar refractivity (Wildman–Crippen MR) is 87.0 cm³/mol. The molecule has 5 heteroatoms. The van der Waals surface area contributed by atoms with E-state index in [1.807, 2.05) is 0 Å². The zero-order valence-electron chi connectivity index (χ0n) is 11.7. The lowest BCUT2D eigenvalue weighted by atomic mass is 10.1. The zero-order valence-corrected chi connectivity index (χ0v) is 13.2. The Balaban J connectivity index is 2.23. The van der Waals surface area contributed by atoms with Crippen LogP contribution in [0.1, 0.15) is 24.1 Å². The van der Waals surface area contributed by atoms with Gasteiger partial charge in [-0.25, -0.2) is 4.98 Å². The van der Waals surface area contributed by atoms with Crippen LogP contribution in [0.4, 0.5) is 11.6 Å². The molecule has 0 aliphatic carbocycles. The molecule has 0 bridgehead atoms. The molecule has 3 nitrogen and oxygen atoms in total. The van der Waals surface area contributed by atoms with Crippen LogP contribution in [0.15, 0.2) is 30.3 Å². The molecule has 1 atom stereocenters. The molecule has 2 aromatic rings. The van der Waals surface area contributed by atoms with Gasteiger partial charge in [-0.3, -0.25) is 0 Å². The van der Waals surface area contributed by atoms with Crippen LogP contribution in [0.25, 0.3) is 0 Å². The molecular formula is C15H17Cl2N3. The van der Waals surface area contributed by atoms with Crippen molar-refractivity contribution >= 4 is 34.8 Å². The highest BCUT2D eigenvalue weighted by Gasteiger charge is 2.12. The van der Waals surface area contributed by atoms with Crippen molar-refractivity contribution in [3.63, 3.8) is 0 Å². The van der Waals surface area contributed by atoms with E-state index in [-0.39, 0.29) is 6.04 Å². The van der Waals surface area contributed by atoms with E-state index >= 15 is 0 Å². The smallest absolute Gasteiger partial charge is 0.147 e. The summed E-state index contributed by atoms with van der Waals surface area (Å²) >= 11 is 12.2. The lowest BCUT2D eigenvalue weighted by Gasteiger charge is -2.17. The first-order valence-corrected chi connectivity index (χ1v) is 7.13. The molecule has 0 aliphatic heterocycles. The van der Waals surface area contributed by atoms with Gasteiger partial charge in [-0.1, -0.05) is 53.0 Å². The molecule has 0 spiro atoms. The van der Waals surface area contributed by atoms with Gasteiger partial charge in [0, 0.05) is 13.1 Å². The maximum Gasteiger partial charge on any atom is 0.147 e. The van der Waals surface area contributed by atoms with Crippen molar-refractivity contribution in [2.75, 3.05) is 17.7 Å². The second-order valence-electron chi connectivity index (χ2n) is 4.68. The Bertz CT molecular complexity index is 597. The van der Waals surface area contributed by atoms with E-state index in [2.05, 4.69) is 53.7 Å². The summed E-state index contributed by atoms with van der Waals surface area (Å²) in [6.45, 7) is 4.13. The second-order valence-corrected chi connectivity index (χ2v) is 5.49. The van der Waals surface area contributed by atoms with Crippen LogP contribution in [-0.4, -0.2) is 12.0 Å². The van der Waals surface area contributed by atoms with E-state index in [4.69, 9.17) is 23.2 Å². The van der Waals surface area contributed by atoms with Gasteiger partial charge in [-0.15, -0.1) is 0 Å². The molecule has 20 heavy (non-hydrogen) atoms. The molecule has 1 aromatic carbocycles. The van der Waals surface area contributed by atoms with Crippen LogP contribution in [0.3, 0.4) is 0 Å². The van der Waals surface area contributed by atoms with Crippen molar-refractivity contribution in [1.82, 2.24) is 4.98 Å². The second kappa shape index (κ2) is 6.33. The highest BCUT2D eigenvalue weighted by molar-refractivity contribution is 6.37. The minimum absolute atomic E-state index is 0.103. The van der Waals surface area contributed by atoms with Crippen LogP contribution < -0.4 is 10.6 Å². The molecule has 2 rings (SSSR count). The number of nitrogens with zero attached hydrogens (tertiary/aromatic N) is 1. The number of aryl methyl sites for hydroxylation is 1. The Morgan fingerprint density at radius 3 is 2.25 bits per heavy atom. The fourth-order valence-corrected chi connectivity index (χ4v) is 2.39. The van der Waals surface area contributed by atoms with Crippen LogP contribution >= 0.6 is 23.2 Å². The summed E-state index contributed by atoms with van der Waals surface area (Å²) in [5.74, 6) is 1.23. The minimum Gasteiger partial charge on any atom is -0.372 e. The number of aromatic nitrogens is 1. The number of nitrogens with one attached hydrogen (secondary N) is 2. The third-order valence-electron chi connectivity index (χ3n) is 3.10. The first-order chi connectivity index (χ1) is 9.51. The monoisotopic (exact) mass is 309 g/mol. The van der Waals surface area contributed by atoms with Crippen LogP contribution in [0.2, 0.25) is 10.0 Å². The molecule has 0 fully saturated rings. The first-order valence-electron chi connectivity index (χ1n) is 6.38. The molecule has 0 radical (unpaired) electrons. The molecule has 1 aromatic heterocycles. The molecule has 2 N–H and O–H groups in total. The average Bonchev–Trinajstić information content (AvgIpc) is 2.42. The topological polar surface area (TPSA) is 37.0 Å². The van der Waals surface area contributed by atoms with Crippen LogP contribution in [0.5, 0.6) is 0 Å². The van der Waals surface area contributed by atoms with E-state index < -0.39 is 0 Å². The number of halogens is 2. The Hall–Kier alpha value is -1.45. The van der Waals surface area contributed by atoms with Crippen molar-refractivity contribution < 1.29 is 0 Å². The summed E-state index contributed by atoms with van der Waals surface area (Å²) < 4.78 is 0. The van der Waals surface area contributed by atoms with Gasteiger partial charge in [0.25, 0.3) is 0 Å². The lowest BCUT2D eigenvalue weighted by Crippen LogP contribution is -2.09. The first kappa shape index (κ1) is 14.9. The van der Waals surface area contributed by atoms with E-state index in [1.165, 1.54) is 11.1 Å². The number of hydrogen-bond donors (Lipinski definition) is 2. The number of benzene rings is 1. The maximum absolute atomic E-state index is 6.18. The molecule has 1 heterocycles. The summed E-state index contributed by atoms with van der Waals surface area (Å²) in [5, 5.41) is 7.26. The lowest BCUT2D eigenvalue weighted by molar-refractivity contribution is 0.874. The van der Waals surface area contributed by atoms with Gasteiger partial charge in [0.2, 0.25) is 0 Å². The highest BCUT2D eigenvalue weighted by atomic mass is 35.5. The molecule has 106 valence electrons. The van der Waals surface area contributed by atoms with Gasteiger partial charge in [-0.2, -0.15) is 0 Å². The average molecular weight is 310 g/mol. The molecule has 0 amide bonds. The molecule has 0 saturated heterocycles. The third kappa shape index (κ3) is 3.35. The summed E-state index contributed by atoms with van der Waals surface area (Å²) in [7, 11) is 1.77. The summed E-state index contributed by atoms with van der Waals surface area (Å²) in [6.07, 6.45) is 0. The standard InChI is InChI=1S/C15H17Cl2N3/c1-9-4-6-11(7-5-9)10(2)19-15-13(17)8-12(16)14(18-3)20-15/h4-8,10H,1-3H3,(H2,18,19,20). The Morgan fingerprint density at radius 2 is 1.65 bits per heavy atom. The predicted octanol–water partition coefficient (Wildman–Crippen LogP) is 4.91. The molecule has 0 aliphatic rings. The number of hydrogen-bond acceptors (Lipinski definition) is 3. The fraction of sp³-hybridized carbons (Fsp3) is 0.267. The van der Waals surface area contributed by atoms with Crippen molar-refractivity contribution in [2.24, 2.45) is 0 Å². The largest absolute Gasteiger partial charge is 0.372 e. The fourth-order valence-electron chi connectivity index (χ4n) is 1.89. The van der Waals surface area contributed by atoms with Crippen molar-refractivity contribution in [3.05, 3.63) is 51.5 Å². The van der Waals surface area contributed by atoms with Crippen LogP contribution in [0, 0.1) is 6.92 Å². The maximum atomic E-state index is 6.18. The Morgan fingerprint density at radius 1 is 1.05 bits per heavy atom. The van der Waals surface area contributed by atoms with E-state index in [0.29, 0.717) is 21.7 Å². The highest BCUT2D eigenvalue weighted by Crippen LogP contribution is 2.31. The van der Waals surface area contributed by atoms with Gasteiger partial charge in [0.1, 0.15) is 11.6 Å². The van der Waals surface area contributed by atoms with Crippen LogP contribution in [-0.2, 0) is 0 Å². The summed E-state index contributed by atoms with van der Waals surface area (Å²) in [4.78, 5) is 4.39. The van der Waals surface area contributed by atoms with E-state index in [0.717, 1.165) is 0 Å².